The van der Waals surface area contributed by atoms with Crippen LogP contribution in [-0.2, 0) is 4.79 Å². The van der Waals surface area contributed by atoms with Crippen molar-refractivity contribution < 1.29 is 14.3 Å². The van der Waals surface area contributed by atoms with Gasteiger partial charge in [0.25, 0.3) is 5.91 Å². The Morgan fingerprint density at radius 2 is 1.88 bits per heavy atom. The van der Waals surface area contributed by atoms with E-state index in [0.717, 1.165) is 18.3 Å². The van der Waals surface area contributed by atoms with E-state index in [0.29, 0.717) is 43.0 Å². The van der Waals surface area contributed by atoms with Crippen LogP contribution < -0.4 is 21.1 Å². The highest BCUT2D eigenvalue weighted by Gasteiger charge is 2.48. The average molecular weight is 458 g/mol. The van der Waals surface area contributed by atoms with Crippen molar-refractivity contribution in [1.29, 1.82) is 0 Å². The van der Waals surface area contributed by atoms with Gasteiger partial charge >= 0.3 is 0 Å². The summed E-state index contributed by atoms with van der Waals surface area (Å²) in [5, 5.41) is 10.6. The minimum Gasteiger partial charge on any atom is -0.477 e. The summed E-state index contributed by atoms with van der Waals surface area (Å²) in [6.45, 7) is 6.98. The summed E-state index contributed by atoms with van der Waals surface area (Å²) in [6, 6.07) is 0.258. The number of hydrogen-bond donors (Lipinski definition) is 3. The summed E-state index contributed by atoms with van der Waals surface area (Å²) in [7, 11) is 0. The SMILES string of the molecule is CCCOc1c(C(=O)NC2C3CC4CC(C3)CC2C4)cnn1/C=C/C(C)(C)C(=O)NCCN. The van der Waals surface area contributed by atoms with Gasteiger partial charge in [-0.2, -0.15) is 5.10 Å². The summed E-state index contributed by atoms with van der Waals surface area (Å²) in [4.78, 5) is 25.7. The maximum Gasteiger partial charge on any atom is 0.258 e. The molecule has 0 aliphatic heterocycles. The van der Waals surface area contributed by atoms with E-state index in [1.165, 1.54) is 32.1 Å². The molecule has 4 N–H and O–H groups in total. The topological polar surface area (TPSA) is 111 Å². The van der Waals surface area contributed by atoms with E-state index in [4.69, 9.17) is 10.5 Å². The lowest BCUT2D eigenvalue weighted by Gasteiger charge is -2.54. The summed E-state index contributed by atoms with van der Waals surface area (Å²) in [5.74, 6) is 3.13. The van der Waals surface area contributed by atoms with Crippen LogP contribution >= 0.6 is 0 Å². The lowest BCUT2D eigenvalue weighted by molar-refractivity contribution is -0.127. The molecule has 8 nitrogen and oxygen atoms in total. The average Bonchev–Trinajstić information content (AvgIpc) is 3.19. The van der Waals surface area contributed by atoms with E-state index in [1.54, 1.807) is 23.2 Å². The molecule has 4 aliphatic rings. The van der Waals surface area contributed by atoms with Gasteiger partial charge in [-0.3, -0.25) is 9.59 Å². The molecule has 0 atom stereocenters. The molecule has 8 heteroatoms. The predicted octanol–water partition coefficient (Wildman–Crippen LogP) is 2.80. The Balaban J connectivity index is 1.49. The Morgan fingerprint density at radius 1 is 1.21 bits per heavy atom. The zero-order valence-corrected chi connectivity index (χ0v) is 20.2. The fraction of sp³-hybridized carbons (Fsp3) is 0.720. The maximum absolute atomic E-state index is 13.3. The normalized spacial score (nSPS) is 28.3. The van der Waals surface area contributed by atoms with Crippen molar-refractivity contribution in [3.63, 3.8) is 0 Å². The molecule has 0 radical (unpaired) electrons. The number of amides is 2. The summed E-state index contributed by atoms with van der Waals surface area (Å²) in [6.07, 6.45) is 12.3. The smallest absolute Gasteiger partial charge is 0.258 e. The lowest BCUT2D eigenvalue weighted by atomic mass is 9.54. The van der Waals surface area contributed by atoms with Gasteiger partial charge < -0.3 is 21.1 Å². The minimum atomic E-state index is -0.758. The number of rotatable bonds is 10. The third-order valence-electron chi connectivity index (χ3n) is 7.61. The van der Waals surface area contributed by atoms with Crippen molar-refractivity contribution in [3.05, 3.63) is 17.8 Å². The van der Waals surface area contributed by atoms with Gasteiger partial charge in [0.2, 0.25) is 11.8 Å². The molecule has 182 valence electrons. The Bertz CT molecular complexity index is 863. The van der Waals surface area contributed by atoms with E-state index < -0.39 is 5.41 Å². The summed E-state index contributed by atoms with van der Waals surface area (Å²) in [5.41, 5.74) is 5.18. The molecule has 5 rings (SSSR count). The molecule has 0 saturated heterocycles. The standard InChI is InChI=1S/C25H39N5O3/c1-4-9-33-23-20(15-28-30(23)8-5-25(2,3)24(32)27-7-6-26)22(31)29-21-18-11-16-10-17(13-18)14-19(21)12-16/h5,8,15-19,21H,4,6-7,9-14,26H2,1-3H3,(H,27,32)(H,29,31)/b8-5+. The van der Waals surface area contributed by atoms with E-state index in [-0.39, 0.29) is 17.9 Å². The zero-order chi connectivity index (χ0) is 23.6. The van der Waals surface area contributed by atoms with Crippen molar-refractivity contribution in [3.8, 4) is 5.88 Å². The van der Waals surface area contributed by atoms with Gasteiger partial charge in [0.1, 0.15) is 5.56 Å². The third-order valence-corrected chi connectivity index (χ3v) is 7.61. The molecule has 2 amide bonds. The maximum atomic E-state index is 13.3. The Morgan fingerprint density at radius 3 is 2.48 bits per heavy atom. The first kappa shape index (κ1) is 23.8. The molecule has 4 bridgehead atoms. The van der Waals surface area contributed by atoms with Gasteiger partial charge in [-0.05, 0) is 76.0 Å². The second kappa shape index (κ2) is 9.87. The Labute approximate surface area is 196 Å². The van der Waals surface area contributed by atoms with Crippen LogP contribution in [0.2, 0.25) is 0 Å². The fourth-order valence-corrected chi connectivity index (χ4v) is 6.09. The first-order valence-electron chi connectivity index (χ1n) is 12.5. The molecule has 1 heterocycles. The predicted molar refractivity (Wildman–Crippen MR) is 127 cm³/mol. The molecule has 33 heavy (non-hydrogen) atoms. The van der Waals surface area contributed by atoms with Crippen LogP contribution in [0.15, 0.2) is 12.3 Å². The van der Waals surface area contributed by atoms with Crippen molar-refractivity contribution in [1.82, 2.24) is 20.4 Å². The first-order valence-corrected chi connectivity index (χ1v) is 12.5. The summed E-state index contributed by atoms with van der Waals surface area (Å²) >= 11 is 0. The molecule has 1 aromatic rings. The fourth-order valence-electron chi connectivity index (χ4n) is 6.09. The van der Waals surface area contributed by atoms with Crippen LogP contribution in [0.4, 0.5) is 0 Å². The molecular formula is C25H39N5O3. The first-order chi connectivity index (χ1) is 15.8. The number of aromatic nitrogens is 2. The largest absolute Gasteiger partial charge is 0.477 e. The number of carbonyl (C=O) groups is 2. The molecule has 0 unspecified atom stereocenters. The molecule has 4 saturated carbocycles. The number of hydrogen-bond acceptors (Lipinski definition) is 5. The number of ether oxygens (including phenoxy) is 1. The van der Waals surface area contributed by atoms with Crippen molar-refractivity contribution in [2.75, 3.05) is 19.7 Å². The molecule has 1 aromatic heterocycles. The molecule has 0 spiro atoms. The molecule has 4 fully saturated rings. The Kier molecular flexibility index (Phi) is 7.12. The number of nitrogens with zero attached hydrogens (tertiary/aromatic N) is 2. The third kappa shape index (κ3) is 5.10. The van der Waals surface area contributed by atoms with Gasteiger partial charge in [-0.25, -0.2) is 4.68 Å². The van der Waals surface area contributed by atoms with Gasteiger partial charge in [0, 0.05) is 25.3 Å². The monoisotopic (exact) mass is 457 g/mol. The van der Waals surface area contributed by atoms with E-state index in [1.807, 2.05) is 20.8 Å². The molecular weight excluding hydrogens is 418 g/mol. The number of nitrogens with two attached hydrogens (primary N) is 1. The van der Waals surface area contributed by atoms with E-state index in [9.17, 15) is 9.59 Å². The lowest BCUT2D eigenvalue weighted by Crippen LogP contribution is -2.55. The van der Waals surface area contributed by atoms with Crippen LogP contribution in [0.3, 0.4) is 0 Å². The quantitative estimate of drug-likeness (QED) is 0.500. The van der Waals surface area contributed by atoms with Gasteiger partial charge in [-0.15, -0.1) is 0 Å². The summed E-state index contributed by atoms with van der Waals surface area (Å²) < 4.78 is 7.50. The molecule has 4 aliphatic carbocycles. The van der Waals surface area contributed by atoms with E-state index in [2.05, 4.69) is 15.7 Å². The minimum absolute atomic E-state index is 0.113. The van der Waals surface area contributed by atoms with Gasteiger partial charge in [0.05, 0.1) is 18.2 Å². The Hall–Kier alpha value is -2.35. The number of nitrogens with one attached hydrogen (secondary N) is 2. The van der Waals surface area contributed by atoms with Crippen LogP contribution in [-0.4, -0.2) is 47.3 Å². The highest BCUT2D eigenvalue weighted by atomic mass is 16.5. The van der Waals surface area contributed by atoms with Crippen LogP contribution in [0.25, 0.3) is 6.20 Å². The van der Waals surface area contributed by atoms with Gasteiger partial charge in [-0.1, -0.05) is 13.0 Å². The second-order valence-corrected chi connectivity index (χ2v) is 10.7. The highest BCUT2D eigenvalue weighted by Crippen LogP contribution is 2.53. The van der Waals surface area contributed by atoms with E-state index >= 15 is 0 Å². The number of carbonyl (C=O) groups excluding carboxylic acids is 2. The molecule has 0 aromatic carbocycles. The van der Waals surface area contributed by atoms with Crippen LogP contribution in [0.5, 0.6) is 5.88 Å². The zero-order valence-electron chi connectivity index (χ0n) is 20.2. The second-order valence-electron chi connectivity index (χ2n) is 10.7. The highest BCUT2D eigenvalue weighted by molar-refractivity contribution is 5.96. The van der Waals surface area contributed by atoms with Crippen LogP contribution in [0, 0.1) is 29.1 Å². The van der Waals surface area contributed by atoms with Crippen molar-refractivity contribution in [2.45, 2.75) is 65.3 Å². The van der Waals surface area contributed by atoms with Crippen molar-refractivity contribution >= 4 is 18.0 Å². The van der Waals surface area contributed by atoms with Crippen molar-refractivity contribution in [2.24, 2.45) is 34.8 Å². The van der Waals surface area contributed by atoms with Gasteiger partial charge in [0.15, 0.2) is 0 Å². The van der Waals surface area contributed by atoms with Crippen LogP contribution in [0.1, 0.15) is 69.7 Å².